The maximum Gasteiger partial charge on any atom is 0.253 e. The van der Waals surface area contributed by atoms with E-state index in [9.17, 15) is 9.59 Å². The Labute approximate surface area is 190 Å². The van der Waals surface area contributed by atoms with E-state index in [1.807, 2.05) is 31.2 Å². The Morgan fingerprint density at radius 2 is 1.69 bits per heavy atom. The number of guanidine groups is 1. The minimum Gasteiger partial charge on any atom is -0.497 e. The van der Waals surface area contributed by atoms with Crippen molar-refractivity contribution in [1.82, 2.24) is 20.9 Å². The van der Waals surface area contributed by atoms with Crippen molar-refractivity contribution in [3.05, 3.63) is 65.2 Å². The Morgan fingerprint density at radius 1 is 0.969 bits per heavy atom. The lowest BCUT2D eigenvalue weighted by Crippen LogP contribution is -2.41. The molecule has 0 aliphatic rings. The zero-order valence-electron chi connectivity index (χ0n) is 19.3. The van der Waals surface area contributed by atoms with Gasteiger partial charge in [-0.3, -0.25) is 14.6 Å². The molecule has 0 aromatic heterocycles. The molecule has 0 fully saturated rings. The summed E-state index contributed by atoms with van der Waals surface area (Å²) in [6.07, 6.45) is 0.720. The predicted molar refractivity (Wildman–Crippen MR) is 127 cm³/mol. The number of methoxy groups -OCH3 is 1. The van der Waals surface area contributed by atoms with Crippen molar-refractivity contribution in [3.63, 3.8) is 0 Å². The molecule has 0 spiro atoms. The van der Waals surface area contributed by atoms with Crippen LogP contribution in [0.3, 0.4) is 0 Å². The highest BCUT2D eigenvalue weighted by molar-refractivity contribution is 5.94. The highest BCUT2D eigenvalue weighted by Crippen LogP contribution is 2.12. The van der Waals surface area contributed by atoms with Crippen LogP contribution in [0.5, 0.6) is 5.75 Å². The minimum absolute atomic E-state index is 0.0126. The van der Waals surface area contributed by atoms with Crippen molar-refractivity contribution in [2.24, 2.45) is 4.99 Å². The second-order valence-corrected chi connectivity index (χ2v) is 7.33. The molecule has 0 saturated heterocycles. The van der Waals surface area contributed by atoms with Crippen LogP contribution in [0, 0.1) is 0 Å². The van der Waals surface area contributed by atoms with E-state index in [1.165, 1.54) is 0 Å². The van der Waals surface area contributed by atoms with Gasteiger partial charge in [0.2, 0.25) is 0 Å². The molecular weight excluding hydrogens is 406 g/mol. The molecule has 0 bridgehead atoms. The quantitative estimate of drug-likeness (QED) is 0.299. The Hall–Kier alpha value is -3.55. The van der Waals surface area contributed by atoms with Crippen LogP contribution in [-0.4, -0.2) is 70.1 Å². The second kappa shape index (κ2) is 13.0. The van der Waals surface area contributed by atoms with Crippen LogP contribution in [-0.2, 0) is 6.42 Å². The van der Waals surface area contributed by atoms with Crippen molar-refractivity contribution in [2.45, 2.75) is 13.3 Å². The maximum atomic E-state index is 12.3. The number of carbonyl (C=O) groups excluding carboxylic acids is 2. The van der Waals surface area contributed by atoms with Crippen LogP contribution in [0.15, 0.2) is 53.5 Å². The molecule has 0 aliphatic carbocycles. The van der Waals surface area contributed by atoms with Crippen LogP contribution in [0.4, 0.5) is 0 Å². The molecule has 0 aliphatic heterocycles. The van der Waals surface area contributed by atoms with Crippen molar-refractivity contribution in [2.75, 3.05) is 47.4 Å². The summed E-state index contributed by atoms with van der Waals surface area (Å²) in [5, 5.41) is 9.30. The fourth-order valence-electron chi connectivity index (χ4n) is 2.98. The van der Waals surface area contributed by atoms with Gasteiger partial charge in [-0.1, -0.05) is 18.2 Å². The smallest absolute Gasteiger partial charge is 0.253 e. The average molecular weight is 440 g/mol. The first kappa shape index (κ1) is 24.7. The van der Waals surface area contributed by atoms with Gasteiger partial charge in [0.1, 0.15) is 5.75 Å². The summed E-state index contributed by atoms with van der Waals surface area (Å²) in [4.78, 5) is 30.5. The molecule has 0 atom stereocenters. The lowest BCUT2D eigenvalue weighted by molar-refractivity contribution is 0.0827. The average Bonchev–Trinajstić information content (AvgIpc) is 2.81. The predicted octanol–water partition coefficient (Wildman–Crippen LogP) is 1.92. The van der Waals surface area contributed by atoms with Crippen LogP contribution < -0.4 is 20.7 Å². The number of nitrogens with one attached hydrogen (secondary N) is 3. The Balaban J connectivity index is 1.82. The van der Waals surface area contributed by atoms with Gasteiger partial charge in [0.25, 0.3) is 11.8 Å². The van der Waals surface area contributed by atoms with Gasteiger partial charge >= 0.3 is 0 Å². The number of nitrogens with zero attached hydrogens (tertiary/aromatic N) is 2. The normalized spacial score (nSPS) is 10.9. The SMILES string of the molecule is CCNC(=NCCc1cccc(C(=O)N(C)C)c1)NCCNC(=O)c1cccc(OC)c1. The molecule has 0 saturated carbocycles. The summed E-state index contributed by atoms with van der Waals surface area (Å²) in [6.45, 7) is 4.29. The van der Waals surface area contributed by atoms with E-state index in [-0.39, 0.29) is 11.8 Å². The minimum atomic E-state index is -0.153. The lowest BCUT2D eigenvalue weighted by atomic mass is 10.1. The highest BCUT2D eigenvalue weighted by Gasteiger charge is 2.08. The van der Waals surface area contributed by atoms with E-state index in [4.69, 9.17) is 4.74 Å². The summed E-state index contributed by atoms with van der Waals surface area (Å²) < 4.78 is 5.15. The molecule has 32 heavy (non-hydrogen) atoms. The Bertz CT molecular complexity index is 927. The third-order valence-corrected chi connectivity index (χ3v) is 4.63. The van der Waals surface area contributed by atoms with Gasteiger partial charge in [-0.15, -0.1) is 0 Å². The number of hydrogen-bond acceptors (Lipinski definition) is 4. The standard InChI is InChI=1S/C24H33N5O3/c1-5-25-24(27-13-12-18-8-6-10-20(16-18)23(31)29(2)3)28-15-14-26-22(30)19-9-7-11-21(17-19)32-4/h6-11,16-17H,5,12-15H2,1-4H3,(H,26,30)(H2,25,27,28). The molecule has 0 radical (unpaired) electrons. The van der Waals surface area contributed by atoms with E-state index in [2.05, 4.69) is 20.9 Å². The number of rotatable bonds is 10. The number of carbonyl (C=O) groups is 2. The number of benzene rings is 2. The van der Waals surface area contributed by atoms with E-state index < -0.39 is 0 Å². The largest absolute Gasteiger partial charge is 0.497 e. The Morgan fingerprint density at radius 3 is 2.41 bits per heavy atom. The molecule has 2 aromatic rings. The molecular formula is C24H33N5O3. The molecule has 0 unspecified atom stereocenters. The molecule has 0 heterocycles. The monoisotopic (exact) mass is 439 g/mol. The molecule has 2 rings (SSSR count). The number of amides is 2. The zero-order valence-corrected chi connectivity index (χ0v) is 19.3. The van der Waals surface area contributed by atoms with Gasteiger partial charge in [-0.05, 0) is 49.2 Å². The fraction of sp³-hybridized carbons (Fsp3) is 0.375. The number of hydrogen-bond donors (Lipinski definition) is 3. The van der Waals surface area contributed by atoms with Crippen molar-refractivity contribution >= 4 is 17.8 Å². The zero-order chi connectivity index (χ0) is 23.3. The summed E-state index contributed by atoms with van der Waals surface area (Å²) in [5.41, 5.74) is 2.29. The molecule has 3 N–H and O–H groups in total. The first-order valence-electron chi connectivity index (χ1n) is 10.7. The second-order valence-electron chi connectivity index (χ2n) is 7.33. The molecule has 2 aromatic carbocycles. The molecule has 172 valence electrons. The first-order chi connectivity index (χ1) is 15.4. The van der Waals surface area contributed by atoms with Gasteiger partial charge in [-0.25, -0.2) is 0 Å². The van der Waals surface area contributed by atoms with Crippen LogP contribution in [0.25, 0.3) is 0 Å². The van der Waals surface area contributed by atoms with Gasteiger partial charge in [0.05, 0.1) is 7.11 Å². The molecule has 8 heteroatoms. The van der Waals surface area contributed by atoms with E-state index in [1.54, 1.807) is 50.4 Å². The van der Waals surface area contributed by atoms with Gasteiger partial charge < -0.3 is 25.6 Å². The van der Waals surface area contributed by atoms with Crippen molar-refractivity contribution < 1.29 is 14.3 Å². The number of ether oxygens (including phenoxy) is 1. The van der Waals surface area contributed by atoms with E-state index in [0.717, 1.165) is 18.5 Å². The van der Waals surface area contributed by atoms with Crippen molar-refractivity contribution in [3.8, 4) is 5.75 Å². The van der Waals surface area contributed by atoms with Crippen LogP contribution in [0.1, 0.15) is 33.2 Å². The van der Waals surface area contributed by atoms with E-state index in [0.29, 0.717) is 42.5 Å². The maximum absolute atomic E-state index is 12.3. The van der Waals surface area contributed by atoms with Gasteiger partial charge in [-0.2, -0.15) is 0 Å². The third kappa shape index (κ3) is 7.94. The number of aliphatic imine (C=N–C) groups is 1. The summed E-state index contributed by atoms with van der Waals surface area (Å²) in [5.74, 6) is 1.17. The topological polar surface area (TPSA) is 95.1 Å². The van der Waals surface area contributed by atoms with Crippen LogP contribution in [0.2, 0.25) is 0 Å². The first-order valence-corrected chi connectivity index (χ1v) is 10.7. The summed E-state index contributed by atoms with van der Waals surface area (Å²) in [7, 11) is 5.06. The molecule has 2 amide bonds. The van der Waals surface area contributed by atoms with Crippen molar-refractivity contribution in [1.29, 1.82) is 0 Å². The van der Waals surface area contributed by atoms with E-state index >= 15 is 0 Å². The summed E-state index contributed by atoms with van der Waals surface area (Å²) in [6, 6.07) is 14.7. The third-order valence-electron chi connectivity index (χ3n) is 4.63. The van der Waals surface area contributed by atoms with Crippen LogP contribution >= 0.6 is 0 Å². The highest BCUT2D eigenvalue weighted by atomic mass is 16.5. The lowest BCUT2D eigenvalue weighted by Gasteiger charge is -2.13. The fourth-order valence-corrected chi connectivity index (χ4v) is 2.98. The summed E-state index contributed by atoms with van der Waals surface area (Å²) >= 11 is 0. The molecule has 8 nitrogen and oxygen atoms in total. The van der Waals surface area contributed by atoms with Gasteiger partial charge in [0.15, 0.2) is 5.96 Å². The Kier molecular flexibility index (Phi) is 10.0. The van der Waals surface area contributed by atoms with Gasteiger partial charge in [0, 0.05) is 51.4 Å².